The lowest BCUT2D eigenvalue weighted by atomic mass is 10.1. The van der Waals surface area contributed by atoms with E-state index in [1.807, 2.05) is 4.68 Å². The van der Waals surface area contributed by atoms with Crippen LogP contribution in [0.3, 0.4) is 0 Å². The molecule has 0 saturated carbocycles. The van der Waals surface area contributed by atoms with Crippen LogP contribution in [0.5, 0.6) is 0 Å². The van der Waals surface area contributed by atoms with Gasteiger partial charge in [0, 0.05) is 38.4 Å². The monoisotopic (exact) mass is 410 g/mol. The van der Waals surface area contributed by atoms with Crippen LogP contribution in [0.25, 0.3) is 0 Å². The van der Waals surface area contributed by atoms with Gasteiger partial charge in [-0.15, -0.1) is 0 Å². The number of rotatable bonds is 3. The number of hydrogen-bond acceptors (Lipinski definition) is 4. The van der Waals surface area contributed by atoms with Gasteiger partial charge in [-0.05, 0) is 37.5 Å². The summed E-state index contributed by atoms with van der Waals surface area (Å²) in [4.78, 5) is 13.3. The van der Waals surface area contributed by atoms with Gasteiger partial charge in [0.25, 0.3) is 5.91 Å². The fraction of sp³-hybridized carbons (Fsp3) is 0.444. The van der Waals surface area contributed by atoms with Crippen molar-refractivity contribution in [3.63, 3.8) is 0 Å². The number of piperazine rings is 1. The van der Waals surface area contributed by atoms with Gasteiger partial charge in [0.2, 0.25) is 10.0 Å². The van der Waals surface area contributed by atoms with E-state index in [2.05, 4.69) is 5.10 Å². The molecule has 4 rings (SSSR count). The van der Waals surface area contributed by atoms with Crippen molar-refractivity contribution in [2.24, 2.45) is 0 Å². The first-order valence-electron chi connectivity index (χ1n) is 9.18. The summed E-state index contributed by atoms with van der Waals surface area (Å²) in [5.41, 5.74) is 1.39. The lowest BCUT2D eigenvalue weighted by molar-refractivity contribution is 0.0690. The zero-order valence-corrected chi connectivity index (χ0v) is 16.0. The molecule has 10 heteroatoms. The van der Waals surface area contributed by atoms with E-state index in [1.165, 1.54) is 4.90 Å². The molecule has 1 saturated heterocycles. The molecule has 3 heterocycles. The Balaban J connectivity index is 1.47. The van der Waals surface area contributed by atoms with Crippen LogP contribution in [0.15, 0.2) is 29.2 Å². The summed E-state index contributed by atoms with van der Waals surface area (Å²) in [5.74, 6) is -2.50. The molecule has 0 atom stereocenters. The Morgan fingerprint density at radius 2 is 1.68 bits per heavy atom. The fourth-order valence-electron chi connectivity index (χ4n) is 3.67. The standard InChI is InChI=1S/C18H20F2N4O3S/c19-14-5-3-6-15(20)17(14)28(26,27)23-10-8-22(9-11-23)18(25)16-12-13-4-1-2-7-24(13)21-16/h3,5-6,12H,1-2,4,7-11H2. The predicted octanol–water partition coefficient (Wildman–Crippen LogP) is 1.64. The van der Waals surface area contributed by atoms with E-state index in [0.717, 1.165) is 54.0 Å². The first kappa shape index (κ1) is 19.0. The molecule has 0 bridgehead atoms. The molecule has 28 heavy (non-hydrogen) atoms. The highest BCUT2D eigenvalue weighted by atomic mass is 32.2. The maximum Gasteiger partial charge on any atom is 0.274 e. The van der Waals surface area contributed by atoms with Crippen molar-refractivity contribution in [2.75, 3.05) is 26.2 Å². The first-order chi connectivity index (χ1) is 13.4. The average Bonchev–Trinajstić information content (AvgIpc) is 3.11. The second kappa shape index (κ2) is 7.25. The van der Waals surface area contributed by atoms with Gasteiger partial charge in [0.1, 0.15) is 11.6 Å². The van der Waals surface area contributed by atoms with Gasteiger partial charge in [-0.1, -0.05) is 6.07 Å². The maximum atomic E-state index is 13.9. The SMILES string of the molecule is O=C(c1cc2n(n1)CCCC2)N1CCN(S(=O)(=O)c2c(F)cccc2F)CC1. The van der Waals surface area contributed by atoms with Crippen LogP contribution in [0.2, 0.25) is 0 Å². The molecule has 1 aromatic carbocycles. The second-order valence-electron chi connectivity index (χ2n) is 6.95. The largest absolute Gasteiger partial charge is 0.335 e. The topological polar surface area (TPSA) is 75.5 Å². The molecule has 2 aliphatic heterocycles. The third-order valence-corrected chi connectivity index (χ3v) is 7.13. The van der Waals surface area contributed by atoms with Crippen LogP contribution in [0.1, 0.15) is 29.0 Å². The summed E-state index contributed by atoms with van der Waals surface area (Å²) in [7, 11) is -4.31. The van der Waals surface area contributed by atoms with E-state index in [4.69, 9.17) is 0 Å². The minimum Gasteiger partial charge on any atom is -0.335 e. The predicted molar refractivity (Wildman–Crippen MR) is 96.2 cm³/mol. The van der Waals surface area contributed by atoms with Gasteiger partial charge in [-0.25, -0.2) is 17.2 Å². The van der Waals surface area contributed by atoms with Crippen molar-refractivity contribution in [1.29, 1.82) is 0 Å². The number of fused-ring (bicyclic) bond motifs is 1. The number of sulfonamides is 1. The molecule has 1 amide bonds. The van der Waals surface area contributed by atoms with Crippen LogP contribution in [-0.4, -0.2) is 59.5 Å². The van der Waals surface area contributed by atoms with E-state index in [0.29, 0.717) is 5.69 Å². The quantitative estimate of drug-likeness (QED) is 0.771. The molecular formula is C18H20F2N4O3S. The summed E-state index contributed by atoms with van der Waals surface area (Å²) in [5, 5.41) is 4.36. The summed E-state index contributed by atoms with van der Waals surface area (Å²) in [6.45, 7) is 1.00. The minimum atomic E-state index is -4.31. The van der Waals surface area contributed by atoms with Gasteiger partial charge in [0.05, 0.1) is 0 Å². The van der Waals surface area contributed by atoms with Crippen molar-refractivity contribution in [2.45, 2.75) is 30.7 Å². The van der Waals surface area contributed by atoms with Crippen molar-refractivity contribution in [3.8, 4) is 0 Å². The summed E-state index contributed by atoms with van der Waals surface area (Å²) >= 11 is 0. The fourth-order valence-corrected chi connectivity index (χ4v) is 5.21. The number of aryl methyl sites for hydroxylation is 2. The Morgan fingerprint density at radius 3 is 2.32 bits per heavy atom. The normalized spacial score (nSPS) is 18.1. The smallest absolute Gasteiger partial charge is 0.274 e. The second-order valence-corrected chi connectivity index (χ2v) is 8.82. The van der Waals surface area contributed by atoms with Gasteiger partial charge >= 0.3 is 0 Å². The Morgan fingerprint density at radius 1 is 1.00 bits per heavy atom. The first-order valence-corrected chi connectivity index (χ1v) is 10.6. The zero-order valence-electron chi connectivity index (χ0n) is 15.1. The molecule has 7 nitrogen and oxygen atoms in total. The van der Waals surface area contributed by atoms with Crippen LogP contribution >= 0.6 is 0 Å². The van der Waals surface area contributed by atoms with Crippen molar-refractivity contribution >= 4 is 15.9 Å². The Hall–Kier alpha value is -2.33. The summed E-state index contributed by atoms with van der Waals surface area (Å²) in [6.07, 6.45) is 2.99. The lowest BCUT2D eigenvalue weighted by Gasteiger charge is -2.33. The lowest BCUT2D eigenvalue weighted by Crippen LogP contribution is -2.50. The molecule has 150 valence electrons. The highest BCUT2D eigenvalue weighted by Crippen LogP contribution is 2.24. The van der Waals surface area contributed by atoms with E-state index >= 15 is 0 Å². The van der Waals surface area contributed by atoms with Crippen LogP contribution in [0, 0.1) is 11.6 Å². The molecular weight excluding hydrogens is 390 g/mol. The van der Waals surface area contributed by atoms with Gasteiger partial charge < -0.3 is 4.90 Å². The number of aromatic nitrogens is 2. The number of amides is 1. The van der Waals surface area contributed by atoms with Gasteiger partial charge in [-0.2, -0.15) is 9.40 Å². The van der Waals surface area contributed by atoms with Crippen molar-refractivity contribution in [3.05, 3.63) is 47.3 Å². The molecule has 1 fully saturated rings. The molecule has 0 unspecified atom stereocenters. The third kappa shape index (κ3) is 3.30. The Kier molecular flexibility index (Phi) is 4.92. The molecule has 0 aliphatic carbocycles. The highest BCUT2D eigenvalue weighted by molar-refractivity contribution is 7.89. The number of benzene rings is 1. The molecule has 2 aromatic rings. The summed E-state index contributed by atoms with van der Waals surface area (Å²) in [6, 6.07) is 4.73. The highest BCUT2D eigenvalue weighted by Gasteiger charge is 2.34. The van der Waals surface area contributed by atoms with Crippen LogP contribution in [-0.2, 0) is 23.0 Å². The number of carbonyl (C=O) groups is 1. The number of hydrogen-bond donors (Lipinski definition) is 0. The van der Waals surface area contributed by atoms with Gasteiger partial charge in [0.15, 0.2) is 10.6 Å². The number of nitrogens with zero attached hydrogens (tertiary/aromatic N) is 4. The zero-order chi connectivity index (χ0) is 19.9. The van der Waals surface area contributed by atoms with E-state index in [-0.39, 0.29) is 32.1 Å². The molecule has 2 aliphatic rings. The molecule has 0 N–H and O–H groups in total. The summed E-state index contributed by atoms with van der Waals surface area (Å²) < 4.78 is 56.0. The number of halogens is 2. The molecule has 0 spiro atoms. The third-order valence-electron chi connectivity index (χ3n) is 5.18. The van der Waals surface area contributed by atoms with E-state index in [9.17, 15) is 22.0 Å². The van der Waals surface area contributed by atoms with Crippen molar-refractivity contribution < 1.29 is 22.0 Å². The van der Waals surface area contributed by atoms with Crippen molar-refractivity contribution in [1.82, 2.24) is 19.0 Å². The van der Waals surface area contributed by atoms with Gasteiger partial charge in [-0.3, -0.25) is 9.48 Å². The minimum absolute atomic E-state index is 0.0323. The van der Waals surface area contributed by atoms with E-state index < -0.39 is 26.6 Å². The van der Waals surface area contributed by atoms with Crippen LogP contribution in [0.4, 0.5) is 8.78 Å². The maximum absolute atomic E-state index is 13.9. The van der Waals surface area contributed by atoms with E-state index in [1.54, 1.807) is 6.07 Å². The Bertz CT molecular complexity index is 970. The Labute approximate surface area is 161 Å². The molecule has 0 radical (unpaired) electrons. The van der Waals surface area contributed by atoms with Crippen LogP contribution < -0.4 is 0 Å². The average molecular weight is 410 g/mol. The number of carbonyl (C=O) groups excluding carboxylic acids is 1. The molecule has 1 aromatic heterocycles.